The van der Waals surface area contributed by atoms with Crippen molar-refractivity contribution >= 4 is 16.9 Å². The van der Waals surface area contributed by atoms with Crippen molar-refractivity contribution in [3.05, 3.63) is 59.0 Å². The molecule has 2 fully saturated rings. The van der Waals surface area contributed by atoms with E-state index in [1.807, 2.05) is 12.1 Å². The predicted octanol–water partition coefficient (Wildman–Crippen LogP) is 1.42. The number of rotatable bonds is 5. The Morgan fingerprint density at radius 3 is 2.61 bits per heavy atom. The standard InChI is InChI=1S/C21H21N7O3/c1-26-10-22-20-18(26)21(29)28(11-23-20)9-16-24-19(25-31-16)17-14-7-27(8-15(14)17)12-3-5-13(30-2)6-4-12/h3-6,10-11,14-15,17H,7-9H2,1-2H3/t14-,15?,17+/m1/s1. The highest BCUT2D eigenvalue weighted by Crippen LogP contribution is 2.57. The van der Waals surface area contributed by atoms with E-state index in [-0.39, 0.29) is 12.1 Å². The number of aryl methyl sites for hydroxylation is 1. The molecule has 4 aromatic rings. The number of ether oxygens (including phenoxy) is 1. The Hall–Kier alpha value is -3.69. The number of nitrogens with zero attached hydrogens (tertiary/aromatic N) is 7. The van der Waals surface area contributed by atoms with Gasteiger partial charge < -0.3 is 18.7 Å². The van der Waals surface area contributed by atoms with Gasteiger partial charge in [-0.25, -0.2) is 9.97 Å². The lowest BCUT2D eigenvalue weighted by Gasteiger charge is -2.21. The Balaban J connectivity index is 1.15. The SMILES string of the molecule is COc1ccc(N2CC3[C@@H](C2)[C@@H]3c2noc(Cn3cnc4ncn(C)c4c3=O)n2)cc1. The highest BCUT2D eigenvalue weighted by atomic mass is 16.5. The molecule has 0 spiro atoms. The molecular formula is C21H21N7O3. The lowest BCUT2D eigenvalue weighted by Crippen LogP contribution is -2.23. The first-order valence-electron chi connectivity index (χ1n) is 10.2. The Morgan fingerprint density at radius 1 is 1.13 bits per heavy atom. The maximum atomic E-state index is 12.7. The number of imidazole rings is 1. The van der Waals surface area contributed by atoms with E-state index in [2.05, 4.69) is 37.1 Å². The normalized spacial score (nSPS) is 22.1. The minimum absolute atomic E-state index is 0.178. The molecule has 1 unspecified atom stereocenters. The number of piperidine rings is 1. The molecule has 0 N–H and O–H groups in total. The average molecular weight is 419 g/mol. The van der Waals surface area contributed by atoms with Gasteiger partial charge in [-0.15, -0.1) is 0 Å². The van der Waals surface area contributed by atoms with Crippen LogP contribution in [-0.2, 0) is 13.6 Å². The molecule has 3 aromatic heterocycles. The Bertz CT molecular complexity index is 1310. The third-order valence-electron chi connectivity index (χ3n) is 6.42. The molecule has 158 valence electrons. The average Bonchev–Trinajstić information content (AvgIpc) is 3.21. The molecule has 0 amide bonds. The fourth-order valence-electron chi connectivity index (χ4n) is 4.71. The van der Waals surface area contributed by atoms with Crippen molar-refractivity contribution in [1.29, 1.82) is 0 Å². The largest absolute Gasteiger partial charge is 0.497 e. The van der Waals surface area contributed by atoms with Gasteiger partial charge in [0.2, 0.25) is 5.89 Å². The van der Waals surface area contributed by atoms with Gasteiger partial charge in [0.15, 0.2) is 17.0 Å². The number of methoxy groups -OCH3 is 1. The number of aromatic nitrogens is 6. The molecule has 10 heteroatoms. The summed E-state index contributed by atoms with van der Waals surface area (Å²) in [5.74, 6) is 3.40. The molecular weight excluding hydrogens is 398 g/mol. The van der Waals surface area contributed by atoms with E-state index in [4.69, 9.17) is 9.26 Å². The molecule has 6 rings (SSSR count). The first kappa shape index (κ1) is 18.1. The summed E-state index contributed by atoms with van der Waals surface area (Å²) in [6, 6.07) is 8.16. The van der Waals surface area contributed by atoms with Crippen LogP contribution in [0.15, 0.2) is 46.2 Å². The van der Waals surface area contributed by atoms with Gasteiger partial charge in [0, 0.05) is 31.7 Å². The van der Waals surface area contributed by atoms with Gasteiger partial charge in [-0.1, -0.05) is 5.16 Å². The van der Waals surface area contributed by atoms with Crippen LogP contribution in [0.3, 0.4) is 0 Å². The van der Waals surface area contributed by atoms with Gasteiger partial charge in [0.1, 0.15) is 18.6 Å². The lowest BCUT2D eigenvalue weighted by atomic mass is 10.2. The van der Waals surface area contributed by atoms with E-state index < -0.39 is 0 Å². The number of anilines is 1. The zero-order chi connectivity index (χ0) is 21.1. The van der Waals surface area contributed by atoms with Crippen LogP contribution in [0.1, 0.15) is 17.6 Å². The van der Waals surface area contributed by atoms with Gasteiger partial charge in [-0.2, -0.15) is 4.98 Å². The van der Waals surface area contributed by atoms with E-state index in [0.717, 1.165) is 24.7 Å². The Morgan fingerprint density at radius 2 is 1.87 bits per heavy atom. The number of benzene rings is 1. The third-order valence-corrected chi connectivity index (χ3v) is 6.42. The van der Waals surface area contributed by atoms with Gasteiger partial charge in [-0.3, -0.25) is 9.36 Å². The highest BCUT2D eigenvalue weighted by molar-refractivity contribution is 5.68. The predicted molar refractivity (Wildman–Crippen MR) is 111 cm³/mol. The van der Waals surface area contributed by atoms with Crippen LogP contribution in [0, 0.1) is 11.8 Å². The maximum absolute atomic E-state index is 12.7. The summed E-state index contributed by atoms with van der Waals surface area (Å²) in [5.41, 5.74) is 1.92. The molecule has 3 atom stereocenters. The molecule has 31 heavy (non-hydrogen) atoms. The van der Waals surface area contributed by atoms with Crippen LogP contribution in [-0.4, -0.2) is 49.4 Å². The second-order valence-corrected chi connectivity index (χ2v) is 8.21. The molecule has 0 bridgehead atoms. The zero-order valence-corrected chi connectivity index (χ0v) is 17.2. The van der Waals surface area contributed by atoms with Crippen molar-refractivity contribution < 1.29 is 9.26 Å². The van der Waals surface area contributed by atoms with Crippen molar-refractivity contribution in [2.75, 3.05) is 25.1 Å². The monoisotopic (exact) mass is 419 g/mol. The number of hydrogen-bond donors (Lipinski definition) is 0. The van der Waals surface area contributed by atoms with Crippen LogP contribution < -0.4 is 15.2 Å². The summed E-state index contributed by atoms with van der Waals surface area (Å²) in [6.07, 6.45) is 3.05. The van der Waals surface area contributed by atoms with Crippen molar-refractivity contribution in [3.8, 4) is 5.75 Å². The minimum atomic E-state index is -0.178. The summed E-state index contributed by atoms with van der Waals surface area (Å²) in [4.78, 5) is 28.0. The number of hydrogen-bond acceptors (Lipinski definition) is 8. The first-order valence-corrected chi connectivity index (χ1v) is 10.2. The Kier molecular flexibility index (Phi) is 3.89. The molecule has 10 nitrogen and oxygen atoms in total. The summed E-state index contributed by atoms with van der Waals surface area (Å²) in [5, 5.41) is 4.20. The summed E-state index contributed by atoms with van der Waals surface area (Å²) < 4.78 is 13.8. The van der Waals surface area contributed by atoms with E-state index in [1.54, 1.807) is 25.1 Å². The Labute approximate surface area is 177 Å². The first-order chi connectivity index (χ1) is 15.1. The summed E-state index contributed by atoms with van der Waals surface area (Å²) in [6.45, 7) is 2.15. The molecule has 0 radical (unpaired) electrons. The maximum Gasteiger partial charge on any atom is 0.280 e. The third kappa shape index (κ3) is 2.89. The fourth-order valence-corrected chi connectivity index (χ4v) is 4.71. The second kappa shape index (κ2) is 6.66. The van der Waals surface area contributed by atoms with Crippen LogP contribution in [0.5, 0.6) is 5.75 Å². The molecule has 1 saturated carbocycles. The van der Waals surface area contributed by atoms with E-state index in [9.17, 15) is 4.79 Å². The van der Waals surface area contributed by atoms with Crippen LogP contribution in [0.4, 0.5) is 5.69 Å². The smallest absolute Gasteiger partial charge is 0.280 e. The van der Waals surface area contributed by atoms with Gasteiger partial charge in [0.25, 0.3) is 5.56 Å². The highest BCUT2D eigenvalue weighted by Gasteiger charge is 2.58. The molecule has 1 aliphatic heterocycles. The van der Waals surface area contributed by atoms with Gasteiger partial charge >= 0.3 is 0 Å². The van der Waals surface area contributed by atoms with Gasteiger partial charge in [-0.05, 0) is 36.1 Å². The molecule has 1 aliphatic carbocycles. The zero-order valence-electron chi connectivity index (χ0n) is 17.2. The summed E-state index contributed by atoms with van der Waals surface area (Å²) in [7, 11) is 3.45. The van der Waals surface area contributed by atoms with Crippen LogP contribution >= 0.6 is 0 Å². The van der Waals surface area contributed by atoms with Crippen molar-refractivity contribution in [1.82, 2.24) is 29.2 Å². The second-order valence-electron chi connectivity index (χ2n) is 8.21. The topological polar surface area (TPSA) is 104 Å². The van der Waals surface area contributed by atoms with Crippen molar-refractivity contribution in [2.24, 2.45) is 18.9 Å². The van der Waals surface area contributed by atoms with E-state index in [0.29, 0.717) is 34.8 Å². The molecule has 4 heterocycles. The molecule has 1 saturated heterocycles. The number of fused-ring (bicyclic) bond motifs is 2. The molecule has 2 aliphatic rings. The minimum Gasteiger partial charge on any atom is -0.497 e. The lowest BCUT2D eigenvalue weighted by molar-refractivity contribution is 0.363. The fraction of sp³-hybridized carbons (Fsp3) is 0.381. The van der Waals surface area contributed by atoms with E-state index in [1.165, 1.54) is 16.6 Å². The van der Waals surface area contributed by atoms with Crippen molar-refractivity contribution in [3.63, 3.8) is 0 Å². The summed E-state index contributed by atoms with van der Waals surface area (Å²) >= 11 is 0. The quantitative estimate of drug-likeness (QED) is 0.478. The van der Waals surface area contributed by atoms with Crippen molar-refractivity contribution in [2.45, 2.75) is 12.5 Å². The van der Waals surface area contributed by atoms with E-state index >= 15 is 0 Å². The molecule has 1 aromatic carbocycles. The van der Waals surface area contributed by atoms with Crippen LogP contribution in [0.2, 0.25) is 0 Å². The van der Waals surface area contributed by atoms with Gasteiger partial charge in [0.05, 0.1) is 13.4 Å². The van der Waals surface area contributed by atoms with Crippen LogP contribution in [0.25, 0.3) is 11.2 Å².